The van der Waals surface area contributed by atoms with Crippen LogP contribution in [-0.2, 0) is 24.5 Å². The number of amides is 1. The highest BCUT2D eigenvalue weighted by Crippen LogP contribution is 2.07. The molecule has 0 radical (unpaired) electrons. The van der Waals surface area contributed by atoms with Gasteiger partial charge in [-0.15, -0.1) is 0 Å². The molecular formula is C7H12N2O6S. The third-order valence-electron chi connectivity index (χ3n) is 1.72. The Labute approximate surface area is 92.7 Å². The maximum absolute atomic E-state index is 11.5. The van der Waals surface area contributed by atoms with Crippen LogP contribution in [0.25, 0.3) is 0 Å². The third-order valence-corrected chi connectivity index (χ3v) is 3.14. The standard InChI is InChI=1S/C7H12N2O6S/c1-2-14-6(10)5-8-16(12,13)9-3-4-15-7(9)11/h8H,2-5H2,1H3. The molecule has 1 N–H and O–H groups in total. The van der Waals surface area contributed by atoms with Crippen LogP contribution in [0.2, 0.25) is 0 Å². The Bertz CT molecular complexity index is 378. The minimum Gasteiger partial charge on any atom is -0.465 e. The molecule has 1 amide bonds. The van der Waals surface area contributed by atoms with Crippen molar-refractivity contribution in [2.45, 2.75) is 6.92 Å². The number of carbonyl (C=O) groups is 2. The Morgan fingerprint density at radius 2 is 2.31 bits per heavy atom. The molecule has 1 fully saturated rings. The smallest absolute Gasteiger partial charge is 0.424 e. The topological polar surface area (TPSA) is 102 Å². The van der Waals surface area contributed by atoms with E-state index in [0.717, 1.165) is 0 Å². The van der Waals surface area contributed by atoms with Gasteiger partial charge >= 0.3 is 22.3 Å². The van der Waals surface area contributed by atoms with Crippen molar-refractivity contribution in [2.24, 2.45) is 0 Å². The van der Waals surface area contributed by atoms with E-state index >= 15 is 0 Å². The first kappa shape index (κ1) is 12.7. The molecule has 1 heterocycles. The Kier molecular flexibility index (Phi) is 4.07. The van der Waals surface area contributed by atoms with Crippen LogP contribution in [0, 0.1) is 0 Å². The summed E-state index contributed by atoms with van der Waals surface area (Å²) in [4.78, 5) is 21.9. The molecular weight excluding hydrogens is 240 g/mol. The summed E-state index contributed by atoms with van der Waals surface area (Å²) < 4.78 is 34.4. The number of rotatable bonds is 5. The summed E-state index contributed by atoms with van der Waals surface area (Å²) >= 11 is 0. The van der Waals surface area contributed by atoms with Crippen molar-refractivity contribution < 1.29 is 27.5 Å². The quantitative estimate of drug-likeness (QED) is 0.619. The number of cyclic esters (lactones) is 1. The number of esters is 1. The van der Waals surface area contributed by atoms with E-state index in [-0.39, 0.29) is 19.8 Å². The molecule has 16 heavy (non-hydrogen) atoms. The van der Waals surface area contributed by atoms with Crippen LogP contribution in [-0.4, -0.2) is 51.1 Å². The average Bonchev–Trinajstić information content (AvgIpc) is 2.63. The van der Waals surface area contributed by atoms with Gasteiger partial charge in [0, 0.05) is 0 Å². The van der Waals surface area contributed by atoms with E-state index in [4.69, 9.17) is 0 Å². The normalized spacial score (nSPS) is 16.1. The molecule has 0 saturated carbocycles. The zero-order chi connectivity index (χ0) is 12.2. The summed E-state index contributed by atoms with van der Waals surface area (Å²) in [6.45, 7) is 1.20. The van der Waals surface area contributed by atoms with Gasteiger partial charge in [0.05, 0.1) is 13.2 Å². The second kappa shape index (κ2) is 5.12. The highest BCUT2D eigenvalue weighted by atomic mass is 32.2. The highest BCUT2D eigenvalue weighted by molar-refractivity contribution is 7.87. The molecule has 1 rings (SSSR count). The largest absolute Gasteiger partial charge is 0.465 e. The van der Waals surface area contributed by atoms with Crippen LogP contribution >= 0.6 is 0 Å². The van der Waals surface area contributed by atoms with Gasteiger partial charge in [-0.25, -0.2) is 4.79 Å². The van der Waals surface area contributed by atoms with Crippen molar-refractivity contribution in [3.05, 3.63) is 0 Å². The van der Waals surface area contributed by atoms with E-state index < -0.39 is 28.8 Å². The molecule has 0 atom stereocenters. The zero-order valence-corrected chi connectivity index (χ0v) is 9.45. The summed E-state index contributed by atoms with van der Waals surface area (Å²) in [6.07, 6.45) is -0.948. The van der Waals surface area contributed by atoms with Crippen LogP contribution < -0.4 is 4.72 Å². The van der Waals surface area contributed by atoms with Crippen molar-refractivity contribution in [3.8, 4) is 0 Å². The number of hydrogen-bond donors (Lipinski definition) is 1. The van der Waals surface area contributed by atoms with Gasteiger partial charge < -0.3 is 9.47 Å². The van der Waals surface area contributed by atoms with Gasteiger partial charge in [0.2, 0.25) is 0 Å². The molecule has 0 unspecified atom stereocenters. The van der Waals surface area contributed by atoms with Crippen molar-refractivity contribution in [3.63, 3.8) is 0 Å². The summed E-state index contributed by atoms with van der Waals surface area (Å²) in [6, 6.07) is 0. The van der Waals surface area contributed by atoms with Gasteiger partial charge in [0.15, 0.2) is 0 Å². The first-order valence-electron chi connectivity index (χ1n) is 4.57. The molecule has 8 nitrogen and oxygen atoms in total. The Morgan fingerprint density at radius 3 is 2.81 bits per heavy atom. The number of ether oxygens (including phenoxy) is 2. The molecule has 0 aromatic heterocycles. The SMILES string of the molecule is CCOC(=O)CNS(=O)(=O)N1CCOC1=O. The molecule has 0 aromatic rings. The van der Waals surface area contributed by atoms with Gasteiger partial charge in [0.1, 0.15) is 13.2 Å². The van der Waals surface area contributed by atoms with Gasteiger partial charge in [-0.2, -0.15) is 17.4 Å². The second-order valence-electron chi connectivity index (χ2n) is 2.82. The summed E-state index contributed by atoms with van der Waals surface area (Å²) in [5.74, 6) is -0.710. The summed E-state index contributed by atoms with van der Waals surface area (Å²) in [7, 11) is -4.01. The fourth-order valence-electron chi connectivity index (χ4n) is 1.04. The maximum atomic E-state index is 11.5. The fraction of sp³-hybridized carbons (Fsp3) is 0.714. The molecule has 0 bridgehead atoms. The lowest BCUT2D eigenvalue weighted by molar-refractivity contribution is -0.141. The zero-order valence-electron chi connectivity index (χ0n) is 8.63. The van der Waals surface area contributed by atoms with Gasteiger partial charge in [0.25, 0.3) is 0 Å². The van der Waals surface area contributed by atoms with Crippen molar-refractivity contribution in [1.82, 2.24) is 9.03 Å². The minimum atomic E-state index is -4.01. The molecule has 0 aromatic carbocycles. The van der Waals surface area contributed by atoms with E-state index in [9.17, 15) is 18.0 Å². The molecule has 1 aliphatic heterocycles. The predicted molar refractivity (Wildman–Crippen MR) is 51.6 cm³/mol. The Balaban J connectivity index is 2.52. The van der Waals surface area contributed by atoms with Gasteiger partial charge in [-0.05, 0) is 6.92 Å². The van der Waals surface area contributed by atoms with E-state index in [2.05, 4.69) is 9.47 Å². The molecule has 92 valence electrons. The Hall–Kier alpha value is -1.35. The van der Waals surface area contributed by atoms with Crippen LogP contribution in [0.3, 0.4) is 0 Å². The summed E-state index contributed by atoms with van der Waals surface area (Å²) in [5, 5.41) is 0. The van der Waals surface area contributed by atoms with E-state index in [1.54, 1.807) is 6.92 Å². The molecule has 1 saturated heterocycles. The number of nitrogens with zero attached hydrogens (tertiary/aromatic N) is 1. The highest BCUT2D eigenvalue weighted by Gasteiger charge is 2.33. The lowest BCUT2D eigenvalue weighted by Gasteiger charge is -2.13. The predicted octanol–water partition coefficient (Wildman–Crippen LogP) is -1.16. The molecule has 9 heteroatoms. The van der Waals surface area contributed by atoms with Crippen LogP contribution in [0.4, 0.5) is 4.79 Å². The first-order chi connectivity index (χ1) is 7.47. The number of nitrogens with one attached hydrogen (secondary N) is 1. The molecule has 0 spiro atoms. The first-order valence-corrected chi connectivity index (χ1v) is 6.01. The van der Waals surface area contributed by atoms with Crippen molar-refractivity contribution in [2.75, 3.05) is 26.3 Å². The Morgan fingerprint density at radius 1 is 1.62 bits per heavy atom. The minimum absolute atomic E-state index is 0.0130. The van der Waals surface area contributed by atoms with Crippen LogP contribution in [0.5, 0.6) is 0 Å². The lowest BCUT2D eigenvalue weighted by atomic mass is 10.7. The van der Waals surface area contributed by atoms with Gasteiger partial charge in [-0.1, -0.05) is 0 Å². The monoisotopic (exact) mass is 252 g/mol. The third kappa shape index (κ3) is 3.07. The van der Waals surface area contributed by atoms with Crippen LogP contribution in [0.15, 0.2) is 0 Å². The van der Waals surface area contributed by atoms with E-state index in [1.165, 1.54) is 0 Å². The number of carbonyl (C=O) groups excluding carboxylic acids is 2. The van der Waals surface area contributed by atoms with Gasteiger partial charge in [-0.3, -0.25) is 4.79 Å². The van der Waals surface area contributed by atoms with Crippen molar-refractivity contribution in [1.29, 1.82) is 0 Å². The van der Waals surface area contributed by atoms with Crippen molar-refractivity contribution >= 4 is 22.3 Å². The van der Waals surface area contributed by atoms with Crippen LogP contribution in [0.1, 0.15) is 6.92 Å². The second-order valence-corrected chi connectivity index (χ2v) is 4.50. The summed E-state index contributed by atoms with van der Waals surface area (Å²) in [5.41, 5.74) is 0. The average molecular weight is 252 g/mol. The van der Waals surface area contributed by atoms with E-state index in [0.29, 0.717) is 4.31 Å². The molecule has 1 aliphatic rings. The van der Waals surface area contributed by atoms with E-state index in [1.807, 2.05) is 4.72 Å². The maximum Gasteiger partial charge on any atom is 0.424 e. The fourth-order valence-corrected chi connectivity index (χ4v) is 2.06. The lowest BCUT2D eigenvalue weighted by Crippen LogP contribution is -2.43. The molecule has 0 aliphatic carbocycles. The number of hydrogen-bond acceptors (Lipinski definition) is 6.